The molecule has 2 aromatic carbocycles. The standard InChI is InChI=1S/C22H24N4O3/c1-14-10-11-15(2)17(13-14)23-22(27)26-12-6-8-18(26)21-24-20(25-29-21)16-7-4-5-9-19(16)28-3/h4-5,7,9-11,13,18H,6,8,12H2,1-3H3,(H,23,27)/t18-/m0/s1. The number of benzene rings is 2. The van der Waals surface area contributed by atoms with E-state index in [1.807, 2.05) is 56.3 Å². The zero-order valence-corrected chi connectivity index (χ0v) is 16.8. The maximum absolute atomic E-state index is 12.9. The Morgan fingerprint density at radius 1 is 1.24 bits per heavy atom. The van der Waals surface area contributed by atoms with Gasteiger partial charge in [0.15, 0.2) is 0 Å². The Bertz CT molecular complexity index is 1030. The monoisotopic (exact) mass is 392 g/mol. The molecule has 2 amide bonds. The van der Waals surface area contributed by atoms with Gasteiger partial charge < -0.3 is 19.5 Å². The Labute approximate surface area is 169 Å². The van der Waals surface area contributed by atoms with Crippen LogP contribution in [-0.2, 0) is 0 Å². The number of amides is 2. The molecule has 150 valence electrons. The fourth-order valence-corrected chi connectivity index (χ4v) is 3.63. The summed E-state index contributed by atoms with van der Waals surface area (Å²) in [5, 5.41) is 7.15. The molecule has 0 spiro atoms. The number of hydrogen-bond acceptors (Lipinski definition) is 5. The van der Waals surface area contributed by atoms with Gasteiger partial charge in [0.2, 0.25) is 11.7 Å². The number of ether oxygens (including phenoxy) is 1. The summed E-state index contributed by atoms with van der Waals surface area (Å²) in [4.78, 5) is 19.3. The number of anilines is 1. The molecular formula is C22H24N4O3. The van der Waals surface area contributed by atoms with Crippen LogP contribution < -0.4 is 10.1 Å². The van der Waals surface area contributed by atoms with Gasteiger partial charge in [0, 0.05) is 12.2 Å². The Kier molecular flexibility index (Phi) is 5.20. The molecule has 0 aliphatic carbocycles. The highest BCUT2D eigenvalue weighted by molar-refractivity contribution is 5.90. The van der Waals surface area contributed by atoms with Gasteiger partial charge in [0.05, 0.1) is 12.7 Å². The van der Waals surface area contributed by atoms with E-state index in [0.717, 1.165) is 35.2 Å². The number of hydrogen-bond donors (Lipinski definition) is 1. The molecule has 1 aromatic heterocycles. The van der Waals surface area contributed by atoms with Crippen molar-refractivity contribution in [2.45, 2.75) is 32.7 Å². The molecule has 0 bridgehead atoms. The van der Waals surface area contributed by atoms with Gasteiger partial charge in [-0.2, -0.15) is 4.98 Å². The van der Waals surface area contributed by atoms with E-state index in [-0.39, 0.29) is 12.1 Å². The van der Waals surface area contributed by atoms with E-state index in [1.54, 1.807) is 12.0 Å². The van der Waals surface area contributed by atoms with Crippen LogP contribution in [0.1, 0.15) is 35.9 Å². The van der Waals surface area contributed by atoms with Crippen LogP contribution in [0.25, 0.3) is 11.4 Å². The van der Waals surface area contributed by atoms with E-state index in [0.29, 0.717) is 24.0 Å². The van der Waals surface area contributed by atoms with E-state index in [9.17, 15) is 4.79 Å². The smallest absolute Gasteiger partial charge is 0.322 e. The summed E-state index contributed by atoms with van der Waals surface area (Å²) in [6, 6.07) is 13.1. The van der Waals surface area contributed by atoms with Gasteiger partial charge in [0.1, 0.15) is 11.8 Å². The van der Waals surface area contributed by atoms with Gasteiger partial charge in [0.25, 0.3) is 0 Å². The fourth-order valence-electron chi connectivity index (χ4n) is 3.63. The maximum Gasteiger partial charge on any atom is 0.322 e. The summed E-state index contributed by atoms with van der Waals surface area (Å²) in [5.41, 5.74) is 3.70. The van der Waals surface area contributed by atoms with Crippen LogP contribution in [0, 0.1) is 13.8 Å². The van der Waals surface area contributed by atoms with Crippen molar-refractivity contribution in [1.82, 2.24) is 15.0 Å². The highest BCUT2D eigenvalue weighted by Crippen LogP contribution is 2.34. The Hall–Kier alpha value is -3.35. The van der Waals surface area contributed by atoms with E-state index in [1.165, 1.54) is 0 Å². The lowest BCUT2D eigenvalue weighted by molar-refractivity contribution is 0.193. The number of rotatable bonds is 4. The lowest BCUT2D eigenvalue weighted by atomic mass is 10.1. The van der Waals surface area contributed by atoms with Gasteiger partial charge in [-0.15, -0.1) is 0 Å². The van der Waals surface area contributed by atoms with Crippen LogP contribution in [0.3, 0.4) is 0 Å². The van der Waals surface area contributed by atoms with Gasteiger partial charge in [-0.25, -0.2) is 4.79 Å². The molecule has 0 radical (unpaired) electrons. The van der Waals surface area contributed by atoms with Crippen LogP contribution in [0.15, 0.2) is 47.0 Å². The fraction of sp³-hybridized carbons (Fsp3) is 0.318. The number of aryl methyl sites for hydroxylation is 2. The third-order valence-electron chi connectivity index (χ3n) is 5.22. The molecule has 1 atom stereocenters. The van der Waals surface area contributed by atoms with Gasteiger partial charge >= 0.3 is 6.03 Å². The van der Waals surface area contributed by atoms with E-state index in [4.69, 9.17) is 9.26 Å². The Morgan fingerprint density at radius 2 is 2.07 bits per heavy atom. The van der Waals surface area contributed by atoms with Crippen molar-refractivity contribution in [3.63, 3.8) is 0 Å². The average Bonchev–Trinajstić information content (AvgIpc) is 3.40. The summed E-state index contributed by atoms with van der Waals surface area (Å²) in [6.45, 7) is 4.63. The second kappa shape index (κ2) is 7.95. The van der Waals surface area contributed by atoms with Crippen molar-refractivity contribution >= 4 is 11.7 Å². The number of nitrogens with one attached hydrogen (secondary N) is 1. The highest BCUT2D eigenvalue weighted by atomic mass is 16.5. The molecule has 1 N–H and O–H groups in total. The summed E-state index contributed by atoms with van der Waals surface area (Å²) in [7, 11) is 1.61. The van der Waals surface area contributed by atoms with Crippen molar-refractivity contribution in [1.29, 1.82) is 0 Å². The van der Waals surface area contributed by atoms with E-state index >= 15 is 0 Å². The quantitative estimate of drug-likeness (QED) is 0.694. The summed E-state index contributed by atoms with van der Waals surface area (Å²) < 4.78 is 10.9. The lowest BCUT2D eigenvalue weighted by Gasteiger charge is -2.23. The Balaban J connectivity index is 1.55. The third kappa shape index (κ3) is 3.81. The SMILES string of the molecule is COc1ccccc1-c1noc([C@@H]2CCCN2C(=O)Nc2cc(C)ccc2C)n1. The molecule has 1 fully saturated rings. The number of carbonyl (C=O) groups is 1. The number of aromatic nitrogens is 2. The normalized spacial score (nSPS) is 16.1. The summed E-state index contributed by atoms with van der Waals surface area (Å²) >= 11 is 0. The zero-order valence-electron chi connectivity index (χ0n) is 16.8. The first-order valence-electron chi connectivity index (χ1n) is 9.68. The molecule has 1 aliphatic rings. The number of methoxy groups -OCH3 is 1. The molecule has 29 heavy (non-hydrogen) atoms. The lowest BCUT2D eigenvalue weighted by Crippen LogP contribution is -2.34. The first-order valence-corrected chi connectivity index (χ1v) is 9.68. The van der Waals surface area contributed by atoms with Crippen molar-refractivity contribution in [2.24, 2.45) is 0 Å². The van der Waals surface area contributed by atoms with E-state index in [2.05, 4.69) is 15.5 Å². The van der Waals surface area contributed by atoms with E-state index < -0.39 is 0 Å². The average molecular weight is 392 g/mol. The van der Waals surface area contributed by atoms with Crippen molar-refractivity contribution in [3.05, 3.63) is 59.5 Å². The second-order valence-corrected chi connectivity index (χ2v) is 7.26. The Morgan fingerprint density at radius 3 is 2.90 bits per heavy atom. The number of urea groups is 1. The van der Waals surface area contributed by atoms with Gasteiger partial charge in [-0.1, -0.05) is 29.4 Å². The van der Waals surface area contributed by atoms with Crippen molar-refractivity contribution < 1.29 is 14.1 Å². The second-order valence-electron chi connectivity index (χ2n) is 7.26. The van der Waals surface area contributed by atoms with Crippen LogP contribution in [0.5, 0.6) is 5.75 Å². The first-order chi connectivity index (χ1) is 14.1. The number of carbonyl (C=O) groups excluding carboxylic acids is 1. The largest absolute Gasteiger partial charge is 0.496 e. The molecule has 3 aromatic rings. The predicted octanol–water partition coefficient (Wildman–Crippen LogP) is 4.73. The number of para-hydroxylation sites is 1. The summed E-state index contributed by atoms with van der Waals surface area (Å²) in [5.74, 6) is 1.58. The van der Waals surface area contributed by atoms with Gasteiger partial charge in [-0.05, 0) is 56.0 Å². The molecule has 1 aliphatic heterocycles. The molecule has 7 heteroatoms. The molecule has 1 saturated heterocycles. The predicted molar refractivity (Wildman–Crippen MR) is 110 cm³/mol. The number of nitrogens with zero attached hydrogens (tertiary/aromatic N) is 3. The minimum Gasteiger partial charge on any atom is -0.496 e. The van der Waals surface area contributed by atoms with Crippen LogP contribution in [0.2, 0.25) is 0 Å². The molecule has 0 saturated carbocycles. The molecule has 7 nitrogen and oxygen atoms in total. The number of likely N-dealkylation sites (tertiary alicyclic amines) is 1. The van der Waals surface area contributed by atoms with Gasteiger partial charge in [-0.3, -0.25) is 0 Å². The molecule has 2 heterocycles. The first kappa shape index (κ1) is 19.0. The van der Waals surface area contributed by atoms with Crippen LogP contribution in [0.4, 0.5) is 10.5 Å². The topological polar surface area (TPSA) is 80.5 Å². The zero-order chi connectivity index (χ0) is 20.4. The highest BCUT2D eigenvalue weighted by Gasteiger charge is 2.34. The molecule has 0 unspecified atom stereocenters. The minimum atomic E-state index is -0.240. The minimum absolute atomic E-state index is 0.154. The van der Waals surface area contributed by atoms with Crippen molar-refractivity contribution in [3.8, 4) is 17.1 Å². The maximum atomic E-state index is 12.9. The molecular weight excluding hydrogens is 368 g/mol. The molecule has 4 rings (SSSR count). The van der Waals surface area contributed by atoms with Crippen molar-refractivity contribution in [2.75, 3.05) is 19.0 Å². The summed E-state index contributed by atoms with van der Waals surface area (Å²) in [6.07, 6.45) is 1.67. The third-order valence-corrected chi connectivity index (χ3v) is 5.22. The van der Waals surface area contributed by atoms with Crippen LogP contribution in [-0.4, -0.2) is 34.7 Å². The van der Waals surface area contributed by atoms with Crippen LogP contribution >= 0.6 is 0 Å².